The van der Waals surface area contributed by atoms with Gasteiger partial charge in [-0.3, -0.25) is 0 Å². The molecular weight excluding hydrogens is 232 g/mol. The van der Waals surface area contributed by atoms with Crippen LogP contribution in [0.15, 0.2) is 18.2 Å². The molecule has 18 heavy (non-hydrogen) atoms. The molecule has 0 aromatic heterocycles. The first-order valence-corrected chi connectivity index (χ1v) is 5.85. The normalized spacial score (nSPS) is 12.3. The van der Waals surface area contributed by atoms with Crippen LogP contribution in [0.1, 0.15) is 0 Å². The number of rotatable bonds is 7. The fourth-order valence-corrected chi connectivity index (χ4v) is 1.63. The molecule has 0 radical (unpaired) electrons. The van der Waals surface area contributed by atoms with E-state index in [1.165, 1.54) is 0 Å². The zero-order chi connectivity index (χ0) is 13.5. The predicted molar refractivity (Wildman–Crippen MR) is 72.6 cm³/mol. The summed E-state index contributed by atoms with van der Waals surface area (Å²) in [6.07, 6.45) is -0.419. The summed E-state index contributed by atoms with van der Waals surface area (Å²) in [7, 11) is 7.08. The van der Waals surface area contributed by atoms with Gasteiger partial charge in [0.2, 0.25) is 0 Å². The molecule has 1 rings (SSSR count). The minimum absolute atomic E-state index is 0.419. The number of nitrogens with one attached hydrogen (secondary N) is 1. The molecule has 1 unspecified atom stereocenters. The molecule has 0 amide bonds. The van der Waals surface area contributed by atoms with E-state index in [0.717, 1.165) is 17.2 Å². The summed E-state index contributed by atoms with van der Waals surface area (Å²) in [6.45, 7) is 1.10. The van der Waals surface area contributed by atoms with Crippen LogP contribution < -0.4 is 14.8 Å². The second-order valence-electron chi connectivity index (χ2n) is 4.40. The highest BCUT2D eigenvalue weighted by molar-refractivity contribution is 5.53. The van der Waals surface area contributed by atoms with Crippen LogP contribution >= 0.6 is 0 Å². The Morgan fingerprint density at radius 1 is 1.17 bits per heavy atom. The number of methoxy groups -OCH3 is 2. The standard InChI is InChI=1S/C13H22N2O3/c1-15(2)9-11(16)8-14-10-5-12(17-3)7-13(6-10)18-4/h5-7,11,14,16H,8-9H2,1-4H3. The molecule has 5 nitrogen and oxygen atoms in total. The maximum Gasteiger partial charge on any atom is 0.124 e. The Kier molecular flexibility index (Phi) is 5.74. The maximum absolute atomic E-state index is 9.77. The second kappa shape index (κ2) is 7.08. The molecule has 1 aromatic carbocycles. The molecule has 0 fully saturated rings. The molecule has 0 heterocycles. The summed E-state index contributed by atoms with van der Waals surface area (Å²) >= 11 is 0. The Labute approximate surface area is 108 Å². The second-order valence-corrected chi connectivity index (χ2v) is 4.40. The number of nitrogens with zero attached hydrogens (tertiary/aromatic N) is 1. The zero-order valence-electron chi connectivity index (χ0n) is 11.4. The largest absolute Gasteiger partial charge is 0.497 e. The van der Waals surface area contributed by atoms with Gasteiger partial charge >= 0.3 is 0 Å². The molecule has 0 bridgehead atoms. The molecule has 0 aliphatic carbocycles. The van der Waals surface area contributed by atoms with E-state index in [1.807, 2.05) is 31.1 Å². The summed E-state index contributed by atoms with van der Waals surface area (Å²) in [5.41, 5.74) is 0.865. The van der Waals surface area contributed by atoms with E-state index >= 15 is 0 Å². The van der Waals surface area contributed by atoms with Gasteiger partial charge in [0.1, 0.15) is 11.5 Å². The molecular formula is C13H22N2O3. The monoisotopic (exact) mass is 254 g/mol. The van der Waals surface area contributed by atoms with Gasteiger partial charge in [-0.1, -0.05) is 0 Å². The zero-order valence-corrected chi connectivity index (χ0v) is 11.4. The third-order valence-corrected chi connectivity index (χ3v) is 2.47. The smallest absolute Gasteiger partial charge is 0.124 e. The number of hydrogen-bond donors (Lipinski definition) is 2. The fourth-order valence-electron chi connectivity index (χ4n) is 1.63. The highest BCUT2D eigenvalue weighted by Crippen LogP contribution is 2.25. The van der Waals surface area contributed by atoms with Gasteiger partial charge in [-0.05, 0) is 14.1 Å². The van der Waals surface area contributed by atoms with Crippen molar-refractivity contribution in [1.82, 2.24) is 4.90 Å². The van der Waals surface area contributed by atoms with Crippen molar-refractivity contribution >= 4 is 5.69 Å². The van der Waals surface area contributed by atoms with Crippen molar-refractivity contribution in [3.05, 3.63) is 18.2 Å². The van der Waals surface area contributed by atoms with Crippen LogP contribution in [-0.4, -0.2) is 57.5 Å². The maximum atomic E-state index is 9.77. The summed E-state index contributed by atoms with van der Waals surface area (Å²) in [5, 5.41) is 12.9. The minimum atomic E-state index is -0.419. The van der Waals surface area contributed by atoms with E-state index in [9.17, 15) is 5.11 Å². The van der Waals surface area contributed by atoms with E-state index in [0.29, 0.717) is 13.1 Å². The van der Waals surface area contributed by atoms with Gasteiger partial charge in [0, 0.05) is 37.0 Å². The van der Waals surface area contributed by atoms with Crippen LogP contribution in [0.4, 0.5) is 5.69 Å². The summed E-state index contributed by atoms with van der Waals surface area (Å²) in [4.78, 5) is 1.94. The van der Waals surface area contributed by atoms with E-state index in [1.54, 1.807) is 20.3 Å². The molecule has 102 valence electrons. The molecule has 2 N–H and O–H groups in total. The Balaban J connectivity index is 2.60. The van der Waals surface area contributed by atoms with Crippen molar-refractivity contribution in [3.8, 4) is 11.5 Å². The van der Waals surface area contributed by atoms with Crippen molar-refractivity contribution in [3.63, 3.8) is 0 Å². The highest BCUT2D eigenvalue weighted by atomic mass is 16.5. The predicted octanol–water partition coefficient (Wildman–Crippen LogP) is 1.04. The number of anilines is 1. The lowest BCUT2D eigenvalue weighted by Crippen LogP contribution is -2.31. The molecule has 0 saturated heterocycles. The number of likely N-dealkylation sites (N-methyl/N-ethyl adjacent to an activating group) is 1. The SMILES string of the molecule is COc1cc(NCC(O)CN(C)C)cc(OC)c1. The van der Waals surface area contributed by atoms with Crippen molar-refractivity contribution in [2.24, 2.45) is 0 Å². The Morgan fingerprint density at radius 2 is 1.72 bits per heavy atom. The first kappa shape index (κ1) is 14.6. The summed E-state index contributed by atoms with van der Waals surface area (Å²) in [5.74, 6) is 1.44. The summed E-state index contributed by atoms with van der Waals surface area (Å²) < 4.78 is 10.4. The number of aliphatic hydroxyl groups is 1. The van der Waals surface area contributed by atoms with Crippen molar-refractivity contribution in [2.75, 3.05) is 46.7 Å². The fraction of sp³-hybridized carbons (Fsp3) is 0.538. The van der Waals surface area contributed by atoms with Crippen LogP contribution in [0, 0.1) is 0 Å². The van der Waals surface area contributed by atoms with Gasteiger partial charge < -0.3 is 24.8 Å². The van der Waals surface area contributed by atoms with Gasteiger partial charge in [0.25, 0.3) is 0 Å². The van der Waals surface area contributed by atoms with Crippen molar-refractivity contribution < 1.29 is 14.6 Å². The molecule has 0 aliphatic heterocycles. The van der Waals surface area contributed by atoms with Crippen LogP contribution in [0.5, 0.6) is 11.5 Å². The molecule has 0 saturated carbocycles. The summed E-state index contributed by atoms with van der Waals surface area (Å²) in [6, 6.07) is 5.54. The molecule has 5 heteroatoms. The molecule has 0 spiro atoms. The van der Waals surface area contributed by atoms with Crippen LogP contribution in [-0.2, 0) is 0 Å². The first-order valence-electron chi connectivity index (χ1n) is 5.85. The highest BCUT2D eigenvalue weighted by Gasteiger charge is 2.06. The molecule has 0 aliphatic rings. The quantitative estimate of drug-likeness (QED) is 0.761. The Morgan fingerprint density at radius 3 is 2.17 bits per heavy atom. The van der Waals surface area contributed by atoms with Gasteiger partial charge in [0.15, 0.2) is 0 Å². The van der Waals surface area contributed by atoms with E-state index in [-0.39, 0.29) is 0 Å². The average molecular weight is 254 g/mol. The third-order valence-electron chi connectivity index (χ3n) is 2.47. The Bertz CT molecular complexity index is 347. The number of benzene rings is 1. The van der Waals surface area contributed by atoms with Crippen molar-refractivity contribution in [2.45, 2.75) is 6.10 Å². The lowest BCUT2D eigenvalue weighted by molar-refractivity contribution is 0.148. The lowest BCUT2D eigenvalue weighted by atomic mass is 10.2. The van der Waals surface area contributed by atoms with Gasteiger partial charge in [-0.2, -0.15) is 0 Å². The molecule has 1 atom stereocenters. The number of ether oxygens (including phenoxy) is 2. The van der Waals surface area contributed by atoms with Gasteiger partial charge in [-0.25, -0.2) is 0 Å². The minimum Gasteiger partial charge on any atom is -0.497 e. The van der Waals surface area contributed by atoms with E-state index in [4.69, 9.17) is 9.47 Å². The third kappa shape index (κ3) is 4.81. The number of aliphatic hydroxyl groups excluding tert-OH is 1. The average Bonchev–Trinajstić information content (AvgIpc) is 2.35. The van der Waals surface area contributed by atoms with Gasteiger partial charge in [-0.15, -0.1) is 0 Å². The van der Waals surface area contributed by atoms with Crippen LogP contribution in [0.3, 0.4) is 0 Å². The number of hydrogen-bond acceptors (Lipinski definition) is 5. The van der Waals surface area contributed by atoms with E-state index < -0.39 is 6.10 Å². The first-order chi connectivity index (χ1) is 8.55. The van der Waals surface area contributed by atoms with Gasteiger partial charge in [0.05, 0.1) is 20.3 Å². The van der Waals surface area contributed by atoms with E-state index in [2.05, 4.69) is 5.32 Å². The Hall–Kier alpha value is -1.46. The van der Waals surface area contributed by atoms with Crippen LogP contribution in [0.2, 0.25) is 0 Å². The van der Waals surface area contributed by atoms with Crippen molar-refractivity contribution in [1.29, 1.82) is 0 Å². The lowest BCUT2D eigenvalue weighted by Gasteiger charge is -2.17. The molecule has 1 aromatic rings. The topological polar surface area (TPSA) is 54.0 Å². The van der Waals surface area contributed by atoms with Crippen LogP contribution in [0.25, 0.3) is 0 Å².